The van der Waals surface area contributed by atoms with Crippen LogP contribution in [0.5, 0.6) is 0 Å². The molecule has 0 saturated carbocycles. The Labute approximate surface area is 111 Å². The van der Waals surface area contributed by atoms with Gasteiger partial charge in [-0.3, -0.25) is 0 Å². The van der Waals surface area contributed by atoms with Crippen molar-refractivity contribution < 1.29 is 19.1 Å². The van der Waals surface area contributed by atoms with Crippen molar-refractivity contribution in [2.45, 2.75) is 32.4 Å². The van der Waals surface area contributed by atoms with Crippen molar-refractivity contribution >= 4 is 12.1 Å². The van der Waals surface area contributed by atoms with E-state index in [2.05, 4.69) is 10.1 Å². The topological polar surface area (TPSA) is 64.6 Å². The van der Waals surface area contributed by atoms with E-state index in [1.807, 2.05) is 31.2 Å². The molecule has 102 valence electrons. The first-order chi connectivity index (χ1) is 9.15. The van der Waals surface area contributed by atoms with Gasteiger partial charge in [0, 0.05) is 0 Å². The van der Waals surface area contributed by atoms with Gasteiger partial charge in [-0.15, -0.1) is 0 Å². The summed E-state index contributed by atoms with van der Waals surface area (Å²) in [6, 6.07) is 7.20. The lowest BCUT2D eigenvalue weighted by molar-refractivity contribution is -0.142. The number of aryl methyl sites for hydroxylation is 1. The normalized spacial score (nSPS) is 18.1. The monoisotopic (exact) mass is 263 g/mol. The highest BCUT2D eigenvalue weighted by Gasteiger charge is 2.26. The molecule has 0 radical (unpaired) electrons. The van der Waals surface area contributed by atoms with Crippen molar-refractivity contribution in [2.75, 3.05) is 6.54 Å². The number of benzene rings is 1. The number of nitrogens with one attached hydrogen (secondary N) is 1. The molecule has 1 aromatic rings. The lowest BCUT2D eigenvalue weighted by atomic mass is 10.2. The molecule has 5 nitrogen and oxygen atoms in total. The van der Waals surface area contributed by atoms with Gasteiger partial charge in [0.25, 0.3) is 0 Å². The van der Waals surface area contributed by atoms with Crippen LogP contribution in [-0.4, -0.2) is 24.7 Å². The van der Waals surface area contributed by atoms with E-state index in [-0.39, 0.29) is 12.6 Å². The molecular formula is C14H17NO4. The van der Waals surface area contributed by atoms with Crippen LogP contribution in [0.4, 0.5) is 4.79 Å². The predicted octanol–water partition coefficient (Wildman–Crippen LogP) is 1.93. The maximum atomic E-state index is 11.5. The smallest absolute Gasteiger partial charge is 0.429 e. The van der Waals surface area contributed by atoms with Gasteiger partial charge in [-0.25, -0.2) is 9.59 Å². The third kappa shape index (κ3) is 4.06. The van der Waals surface area contributed by atoms with Crippen molar-refractivity contribution in [3.8, 4) is 0 Å². The molecule has 1 fully saturated rings. The van der Waals surface area contributed by atoms with E-state index >= 15 is 0 Å². The van der Waals surface area contributed by atoms with Crippen LogP contribution in [0.2, 0.25) is 0 Å². The lowest BCUT2D eigenvalue weighted by Crippen LogP contribution is -2.33. The van der Waals surface area contributed by atoms with Gasteiger partial charge < -0.3 is 14.8 Å². The summed E-state index contributed by atoms with van der Waals surface area (Å²) in [4.78, 5) is 22.9. The van der Waals surface area contributed by atoms with Gasteiger partial charge in [0.2, 0.25) is 0 Å². The van der Waals surface area contributed by atoms with Crippen LogP contribution >= 0.6 is 0 Å². The van der Waals surface area contributed by atoms with Crippen molar-refractivity contribution in [1.82, 2.24) is 5.32 Å². The Morgan fingerprint density at radius 2 is 2.05 bits per heavy atom. The summed E-state index contributed by atoms with van der Waals surface area (Å²) in [6.45, 7) is 2.86. The molecule has 0 bridgehead atoms. The molecule has 1 saturated heterocycles. The van der Waals surface area contributed by atoms with Gasteiger partial charge >= 0.3 is 12.1 Å². The van der Waals surface area contributed by atoms with E-state index < -0.39 is 12.1 Å². The minimum absolute atomic E-state index is 0.102. The molecule has 0 amide bonds. The SMILES string of the molecule is Cc1ccc(COC(=O)OC(=O)[C@@H]2CCCN2)cc1. The predicted molar refractivity (Wildman–Crippen MR) is 68.5 cm³/mol. The van der Waals surface area contributed by atoms with Crippen molar-refractivity contribution in [2.24, 2.45) is 0 Å². The molecule has 2 rings (SSSR count). The minimum atomic E-state index is -0.945. The van der Waals surface area contributed by atoms with Crippen LogP contribution in [-0.2, 0) is 20.9 Å². The summed E-state index contributed by atoms with van der Waals surface area (Å²) in [6.07, 6.45) is 0.668. The second-order valence-corrected chi connectivity index (χ2v) is 4.59. The molecule has 1 N–H and O–H groups in total. The first-order valence-electron chi connectivity index (χ1n) is 6.32. The van der Waals surface area contributed by atoms with Crippen LogP contribution in [0.3, 0.4) is 0 Å². The minimum Gasteiger partial charge on any atom is -0.429 e. The number of esters is 1. The Morgan fingerprint density at radius 3 is 2.68 bits per heavy atom. The first kappa shape index (κ1) is 13.5. The van der Waals surface area contributed by atoms with Crippen molar-refractivity contribution in [3.63, 3.8) is 0 Å². The molecule has 0 unspecified atom stereocenters. The lowest BCUT2D eigenvalue weighted by Gasteiger charge is -2.09. The van der Waals surface area contributed by atoms with Gasteiger partial charge in [-0.2, -0.15) is 0 Å². The number of rotatable bonds is 3. The second kappa shape index (κ2) is 6.33. The van der Waals surface area contributed by atoms with Gasteiger partial charge in [-0.05, 0) is 31.9 Å². The fourth-order valence-electron chi connectivity index (χ4n) is 1.90. The molecule has 1 aliphatic rings. The van der Waals surface area contributed by atoms with Crippen molar-refractivity contribution in [1.29, 1.82) is 0 Å². The molecule has 1 aromatic carbocycles. The van der Waals surface area contributed by atoms with Crippen LogP contribution in [0.1, 0.15) is 24.0 Å². The fraction of sp³-hybridized carbons (Fsp3) is 0.429. The third-order valence-electron chi connectivity index (χ3n) is 3.01. The molecule has 0 aromatic heterocycles. The molecule has 1 atom stereocenters. The molecule has 0 spiro atoms. The summed E-state index contributed by atoms with van der Waals surface area (Å²) >= 11 is 0. The molecule has 1 heterocycles. The van der Waals surface area contributed by atoms with Gasteiger partial charge in [-0.1, -0.05) is 29.8 Å². The van der Waals surface area contributed by atoms with Crippen LogP contribution < -0.4 is 5.32 Å². The average molecular weight is 263 g/mol. The number of ether oxygens (including phenoxy) is 2. The number of hydrogen-bond acceptors (Lipinski definition) is 5. The highest BCUT2D eigenvalue weighted by Crippen LogP contribution is 2.08. The van der Waals surface area contributed by atoms with Crippen molar-refractivity contribution in [3.05, 3.63) is 35.4 Å². The van der Waals surface area contributed by atoms with E-state index in [9.17, 15) is 9.59 Å². The summed E-state index contributed by atoms with van der Waals surface area (Å²) in [5, 5.41) is 2.96. The van der Waals surface area contributed by atoms with Crippen LogP contribution in [0.15, 0.2) is 24.3 Å². The van der Waals surface area contributed by atoms with E-state index in [1.165, 1.54) is 0 Å². The maximum absolute atomic E-state index is 11.5. The highest BCUT2D eigenvalue weighted by molar-refractivity contribution is 5.85. The molecule has 5 heteroatoms. The largest absolute Gasteiger partial charge is 0.516 e. The second-order valence-electron chi connectivity index (χ2n) is 4.59. The standard InChI is InChI=1S/C14H17NO4/c1-10-4-6-11(7-5-10)9-18-14(17)19-13(16)12-3-2-8-15-12/h4-7,12,15H,2-3,8-9H2,1H3/t12-/m0/s1. The van der Waals surface area contributed by atoms with Gasteiger partial charge in [0.05, 0.1) is 0 Å². The van der Waals surface area contributed by atoms with E-state index in [1.54, 1.807) is 0 Å². The molecular weight excluding hydrogens is 246 g/mol. The van der Waals surface area contributed by atoms with Gasteiger partial charge in [0.15, 0.2) is 0 Å². The average Bonchev–Trinajstić information content (AvgIpc) is 2.92. The summed E-state index contributed by atoms with van der Waals surface area (Å²) in [5.41, 5.74) is 1.99. The maximum Gasteiger partial charge on any atom is 0.516 e. The number of carbonyl (C=O) groups excluding carboxylic acids is 2. The summed E-state index contributed by atoms with van der Waals surface area (Å²) in [7, 11) is 0. The van der Waals surface area contributed by atoms with E-state index in [4.69, 9.17) is 4.74 Å². The Kier molecular flexibility index (Phi) is 4.52. The molecule has 0 aliphatic carbocycles. The zero-order valence-corrected chi connectivity index (χ0v) is 10.8. The highest BCUT2D eigenvalue weighted by atomic mass is 16.7. The zero-order valence-electron chi connectivity index (χ0n) is 10.8. The summed E-state index contributed by atoms with van der Waals surface area (Å²) in [5.74, 6) is -0.564. The van der Waals surface area contributed by atoms with E-state index in [0.717, 1.165) is 24.1 Å². The van der Waals surface area contributed by atoms with Gasteiger partial charge in [0.1, 0.15) is 12.6 Å². The first-order valence-corrected chi connectivity index (χ1v) is 6.32. The molecule has 19 heavy (non-hydrogen) atoms. The Bertz CT molecular complexity index is 449. The Morgan fingerprint density at radius 1 is 1.32 bits per heavy atom. The summed E-state index contributed by atoms with van der Waals surface area (Å²) < 4.78 is 9.51. The molecule has 1 aliphatic heterocycles. The Hall–Kier alpha value is -1.88. The fourth-order valence-corrected chi connectivity index (χ4v) is 1.90. The quantitative estimate of drug-likeness (QED) is 0.666. The Balaban J connectivity index is 1.75. The van der Waals surface area contributed by atoms with Crippen LogP contribution in [0, 0.1) is 6.92 Å². The van der Waals surface area contributed by atoms with E-state index in [0.29, 0.717) is 6.42 Å². The third-order valence-corrected chi connectivity index (χ3v) is 3.01. The number of carbonyl (C=O) groups is 2. The zero-order chi connectivity index (χ0) is 13.7. The van der Waals surface area contributed by atoms with Crippen LogP contribution in [0.25, 0.3) is 0 Å². The number of hydrogen-bond donors (Lipinski definition) is 1.